The molecule has 0 saturated carbocycles. The summed E-state index contributed by atoms with van der Waals surface area (Å²) in [6.07, 6.45) is 0. The summed E-state index contributed by atoms with van der Waals surface area (Å²) in [7, 11) is 0. The number of nitrogen functional groups attached to an aromatic ring is 1. The molecule has 1 unspecified atom stereocenters. The number of nitrogens with two attached hydrogens (primary N) is 1. The van der Waals surface area contributed by atoms with E-state index in [-0.39, 0.29) is 6.04 Å². The number of anilines is 2. The number of aromatic nitrogens is 1. The Hall–Kier alpha value is -1.78. The molecule has 2 rings (SSSR count). The lowest BCUT2D eigenvalue weighted by molar-refractivity contribution is 0.875. The van der Waals surface area contributed by atoms with E-state index in [2.05, 4.69) is 15.7 Å². The number of hydrogen-bond donors (Lipinski definition) is 3. The van der Waals surface area contributed by atoms with Crippen LogP contribution in [0.5, 0.6) is 0 Å². The summed E-state index contributed by atoms with van der Waals surface area (Å²) in [5, 5.41) is 4.02. The van der Waals surface area contributed by atoms with Gasteiger partial charge in [0, 0.05) is 5.02 Å². The number of benzene rings is 1. The highest BCUT2D eigenvalue weighted by atomic mass is 35.5. The van der Waals surface area contributed by atoms with Gasteiger partial charge in [-0.2, -0.15) is 0 Å². The molecule has 0 fully saturated rings. The lowest BCUT2D eigenvalue weighted by Gasteiger charge is -2.16. The fraction of sp³-hybridized carbons (Fsp3) is 0.154. The van der Waals surface area contributed by atoms with Crippen molar-refractivity contribution in [3.63, 3.8) is 0 Å². The van der Waals surface area contributed by atoms with Crippen molar-refractivity contribution in [2.24, 2.45) is 5.84 Å². The number of nitrogens with zero attached hydrogens (tertiary/aromatic N) is 1. The van der Waals surface area contributed by atoms with Gasteiger partial charge >= 0.3 is 0 Å². The van der Waals surface area contributed by atoms with Gasteiger partial charge in [0.05, 0.1) is 6.04 Å². The molecular weight excluding hydrogens is 248 g/mol. The van der Waals surface area contributed by atoms with Gasteiger partial charge in [0.25, 0.3) is 0 Å². The van der Waals surface area contributed by atoms with Gasteiger partial charge < -0.3 is 10.7 Å². The normalized spacial score (nSPS) is 11.9. The van der Waals surface area contributed by atoms with E-state index in [1.807, 2.05) is 43.3 Å². The minimum Gasteiger partial charge on any atom is -0.363 e. The zero-order valence-electron chi connectivity index (χ0n) is 10.0. The molecule has 0 aliphatic carbocycles. The van der Waals surface area contributed by atoms with Crippen LogP contribution in [0.3, 0.4) is 0 Å². The van der Waals surface area contributed by atoms with Crippen LogP contribution in [0.2, 0.25) is 5.02 Å². The number of pyridine rings is 1. The van der Waals surface area contributed by atoms with Gasteiger partial charge in [0.2, 0.25) is 0 Å². The molecule has 4 nitrogen and oxygen atoms in total. The summed E-state index contributed by atoms with van der Waals surface area (Å²) in [5.41, 5.74) is 3.55. The van der Waals surface area contributed by atoms with E-state index in [0.29, 0.717) is 5.82 Å². The minimum absolute atomic E-state index is 0.0687. The zero-order valence-corrected chi connectivity index (χ0v) is 10.8. The van der Waals surface area contributed by atoms with Crippen molar-refractivity contribution in [1.29, 1.82) is 0 Å². The molecule has 0 aliphatic rings. The first kappa shape index (κ1) is 12.7. The number of nitrogens with one attached hydrogen (secondary N) is 2. The summed E-state index contributed by atoms with van der Waals surface area (Å²) in [6, 6.07) is 13.4. The molecule has 1 heterocycles. The quantitative estimate of drug-likeness (QED) is 0.585. The van der Waals surface area contributed by atoms with Crippen molar-refractivity contribution in [1.82, 2.24) is 4.98 Å². The summed E-state index contributed by atoms with van der Waals surface area (Å²) in [5.74, 6) is 6.69. The van der Waals surface area contributed by atoms with Crippen molar-refractivity contribution >= 4 is 23.2 Å². The van der Waals surface area contributed by atoms with Crippen LogP contribution in [-0.4, -0.2) is 4.98 Å². The van der Waals surface area contributed by atoms with Gasteiger partial charge in [-0.1, -0.05) is 35.9 Å². The molecule has 0 spiro atoms. The van der Waals surface area contributed by atoms with Crippen LogP contribution in [-0.2, 0) is 0 Å². The van der Waals surface area contributed by atoms with Crippen LogP contribution >= 0.6 is 11.6 Å². The number of halogens is 1. The third kappa shape index (κ3) is 2.91. The van der Waals surface area contributed by atoms with Crippen molar-refractivity contribution in [3.05, 3.63) is 53.1 Å². The molecule has 0 amide bonds. The SMILES string of the molecule is CC(Nc1cccc(NN)n1)c1ccccc1Cl. The van der Waals surface area contributed by atoms with E-state index in [9.17, 15) is 0 Å². The third-order valence-corrected chi connectivity index (χ3v) is 2.98. The van der Waals surface area contributed by atoms with E-state index < -0.39 is 0 Å². The Balaban J connectivity index is 2.16. The Morgan fingerprint density at radius 1 is 1.11 bits per heavy atom. The van der Waals surface area contributed by atoms with E-state index >= 15 is 0 Å². The molecule has 1 aromatic heterocycles. The van der Waals surface area contributed by atoms with E-state index in [1.54, 1.807) is 6.07 Å². The summed E-state index contributed by atoms with van der Waals surface area (Å²) >= 11 is 6.15. The molecule has 94 valence electrons. The third-order valence-electron chi connectivity index (χ3n) is 2.63. The fourth-order valence-corrected chi connectivity index (χ4v) is 2.02. The van der Waals surface area contributed by atoms with Crippen LogP contribution < -0.4 is 16.6 Å². The Bertz CT molecular complexity index is 530. The van der Waals surface area contributed by atoms with Gasteiger partial charge in [-0.05, 0) is 30.7 Å². The fourth-order valence-electron chi connectivity index (χ4n) is 1.72. The summed E-state index contributed by atoms with van der Waals surface area (Å²) in [6.45, 7) is 2.03. The predicted octanol–water partition coefficient (Wildman–Crippen LogP) is 3.19. The Morgan fingerprint density at radius 3 is 2.56 bits per heavy atom. The molecule has 4 N–H and O–H groups in total. The monoisotopic (exact) mass is 262 g/mol. The number of hydrazine groups is 1. The Morgan fingerprint density at radius 2 is 1.83 bits per heavy atom. The maximum atomic E-state index is 6.15. The standard InChI is InChI=1S/C13H15ClN4/c1-9(10-5-2-3-6-11(10)14)16-12-7-4-8-13(17-12)18-15/h2-9H,15H2,1H3,(H2,16,17,18). The van der Waals surface area contributed by atoms with Crippen LogP contribution in [0, 0.1) is 0 Å². The second-order valence-corrected chi connectivity index (χ2v) is 4.35. The van der Waals surface area contributed by atoms with Crippen molar-refractivity contribution in [2.45, 2.75) is 13.0 Å². The predicted molar refractivity (Wildman–Crippen MR) is 75.5 cm³/mol. The molecule has 0 bridgehead atoms. The molecule has 18 heavy (non-hydrogen) atoms. The highest BCUT2D eigenvalue weighted by molar-refractivity contribution is 6.31. The van der Waals surface area contributed by atoms with E-state index in [1.165, 1.54) is 0 Å². The smallest absolute Gasteiger partial charge is 0.142 e. The summed E-state index contributed by atoms with van der Waals surface area (Å²) in [4.78, 5) is 4.30. The molecule has 0 radical (unpaired) electrons. The van der Waals surface area contributed by atoms with Gasteiger partial charge in [-0.15, -0.1) is 0 Å². The van der Waals surface area contributed by atoms with Gasteiger partial charge in [0.15, 0.2) is 0 Å². The second-order valence-electron chi connectivity index (χ2n) is 3.94. The van der Waals surface area contributed by atoms with E-state index in [4.69, 9.17) is 17.4 Å². The van der Waals surface area contributed by atoms with Gasteiger partial charge in [-0.25, -0.2) is 10.8 Å². The molecular formula is C13H15ClN4. The highest BCUT2D eigenvalue weighted by Gasteiger charge is 2.09. The van der Waals surface area contributed by atoms with Crippen LogP contribution in [0.4, 0.5) is 11.6 Å². The molecule has 2 aromatic rings. The van der Waals surface area contributed by atoms with Crippen molar-refractivity contribution in [3.8, 4) is 0 Å². The molecule has 0 aliphatic heterocycles. The maximum absolute atomic E-state index is 6.15. The lowest BCUT2D eigenvalue weighted by Crippen LogP contribution is -2.12. The average Bonchev–Trinajstić information content (AvgIpc) is 2.39. The molecule has 1 atom stereocenters. The summed E-state index contributed by atoms with van der Waals surface area (Å²) < 4.78 is 0. The van der Waals surface area contributed by atoms with Gasteiger partial charge in [-0.3, -0.25) is 0 Å². The average molecular weight is 263 g/mol. The molecule has 5 heteroatoms. The molecule has 0 saturated heterocycles. The van der Waals surface area contributed by atoms with Crippen LogP contribution in [0.25, 0.3) is 0 Å². The van der Waals surface area contributed by atoms with Crippen molar-refractivity contribution in [2.75, 3.05) is 10.7 Å². The minimum atomic E-state index is 0.0687. The largest absolute Gasteiger partial charge is 0.363 e. The second kappa shape index (κ2) is 5.71. The first-order valence-corrected chi connectivity index (χ1v) is 6.03. The van der Waals surface area contributed by atoms with E-state index in [0.717, 1.165) is 16.4 Å². The Kier molecular flexibility index (Phi) is 4.02. The van der Waals surface area contributed by atoms with Crippen LogP contribution in [0.15, 0.2) is 42.5 Å². The highest BCUT2D eigenvalue weighted by Crippen LogP contribution is 2.25. The van der Waals surface area contributed by atoms with Gasteiger partial charge in [0.1, 0.15) is 11.6 Å². The lowest BCUT2D eigenvalue weighted by atomic mass is 10.1. The maximum Gasteiger partial charge on any atom is 0.142 e. The van der Waals surface area contributed by atoms with Crippen LogP contribution in [0.1, 0.15) is 18.5 Å². The zero-order chi connectivity index (χ0) is 13.0. The Labute approximate surface area is 111 Å². The number of rotatable bonds is 4. The van der Waals surface area contributed by atoms with Crippen molar-refractivity contribution < 1.29 is 0 Å². The number of hydrogen-bond acceptors (Lipinski definition) is 4. The topological polar surface area (TPSA) is 63.0 Å². The first-order valence-electron chi connectivity index (χ1n) is 5.65. The molecule has 1 aromatic carbocycles. The first-order chi connectivity index (χ1) is 8.70.